The van der Waals surface area contributed by atoms with Crippen molar-refractivity contribution in [1.82, 2.24) is 0 Å². The minimum absolute atomic E-state index is 0.688. The van der Waals surface area contributed by atoms with Crippen LogP contribution in [-0.4, -0.2) is 11.1 Å². The lowest BCUT2D eigenvalue weighted by Crippen LogP contribution is -2.30. The molecule has 0 amide bonds. The van der Waals surface area contributed by atoms with E-state index in [4.69, 9.17) is 5.73 Å². The summed E-state index contributed by atoms with van der Waals surface area (Å²) in [6, 6.07) is -0.313. The summed E-state index contributed by atoms with van der Waals surface area (Å²) in [6.07, 6.45) is -4.94. The molecule has 0 saturated carbocycles. The summed E-state index contributed by atoms with van der Waals surface area (Å²) < 4.78 is 49.8. The van der Waals surface area contributed by atoms with Crippen molar-refractivity contribution < 1.29 is 22.5 Å². The second-order valence-corrected chi connectivity index (χ2v) is 2.95. The molecule has 1 aromatic rings. The van der Waals surface area contributed by atoms with Gasteiger partial charge in [0.2, 0.25) is 0 Å². The van der Waals surface area contributed by atoms with Crippen molar-refractivity contribution >= 4 is 5.69 Å². The Bertz CT molecular complexity index is 419. The number of benzene rings is 1. The van der Waals surface area contributed by atoms with E-state index in [0.717, 1.165) is 12.1 Å². The van der Waals surface area contributed by atoms with Crippen LogP contribution in [0.25, 0.3) is 0 Å². The zero-order chi connectivity index (χ0) is 12.5. The second-order valence-electron chi connectivity index (χ2n) is 2.95. The lowest BCUT2D eigenvalue weighted by molar-refractivity contribution is -0.386. The predicted octanol–water partition coefficient (Wildman–Crippen LogP) is 2.30. The van der Waals surface area contributed by atoms with Gasteiger partial charge >= 0.3 is 6.18 Å². The zero-order valence-electron chi connectivity index (χ0n) is 7.66. The fraction of sp³-hybridized carbons (Fsp3) is 0.250. The van der Waals surface area contributed by atoms with Gasteiger partial charge in [-0.3, -0.25) is 10.1 Å². The number of rotatable bonds is 2. The SMILES string of the molecule is N[C@@H](c1c(F)cccc1[N+](=O)[O-])C(F)(F)F. The third kappa shape index (κ3) is 2.27. The average molecular weight is 238 g/mol. The van der Waals surface area contributed by atoms with Crippen LogP contribution in [0.1, 0.15) is 11.6 Å². The average Bonchev–Trinajstić information content (AvgIpc) is 2.14. The fourth-order valence-electron chi connectivity index (χ4n) is 1.16. The van der Waals surface area contributed by atoms with E-state index in [1.807, 2.05) is 0 Å². The summed E-state index contributed by atoms with van der Waals surface area (Å²) in [7, 11) is 0. The summed E-state index contributed by atoms with van der Waals surface area (Å²) in [6.45, 7) is 0. The molecule has 8 heteroatoms. The number of nitro groups is 1. The van der Waals surface area contributed by atoms with Crippen LogP contribution in [0, 0.1) is 15.9 Å². The van der Waals surface area contributed by atoms with E-state index in [2.05, 4.69) is 0 Å². The molecular weight excluding hydrogens is 232 g/mol. The largest absolute Gasteiger partial charge is 0.408 e. The van der Waals surface area contributed by atoms with Gasteiger partial charge in [-0.25, -0.2) is 4.39 Å². The number of nitrogens with zero attached hydrogens (tertiary/aromatic N) is 1. The highest BCUT2D eigenvalue weighted by Gasteiger charge is 2.42. The zero-order valence-corrected chi connectivity index (χ0v) is 7.66. The molecule has 1 rings (SSSR count). The van der Waals surface area contributed by atoms with Gasteiger partial charge in [-0.15, -0.1) is 0 Å². The summed E-state index contributed by atoms with van der Waals surface area (Å²) >= 11 is 0. The van der Waals surface area contributed by atoms with Crippen LogP contribution in [-0.2, 0) is 0 Å². The molecule has 0 radical (unpaired) electrons. The molecule has 16 heavy (non-hydrogen) atoms. The quantitative estimate of drug-likeness (QED) is 0.488. The highest BCUT2D eigenvalue weighted by atomic mass is 19.4. The monoisotopic (exact) mass is 238 g/mol. The van der Waals surface area contributed by atoms with E-state index in [9.17, 15) is 27.7 Å². The Labute approximate surface area is 86.8 Å². The molecule has 0 heterocycles. The number of nitrogens with two attached hydrogens (primary N) is 1. The minimum Gasteiger partial charge on any atom is -0.316 e. The van der Waals surface area contributed by atoms with E-state index < -0.39 is 34.2 Å². The summed E-state index contributed by atoms with van der Waals surface area (Å²) in [5.41, 5.74) is 2.61. The van der Waals surface area contributed by atoms with Gasteiger partial charge in [0.25, 0.3) is 5.69 Å². The maximum Gasteiger partial charge on any atom is 0.408 e. The van der Waals surface area contributed by atoms with Crippen molar-refractivity contribution in [3.63, 3.8) is 0 Å². The minimum atomic E-state index is -4.94. The Balaban J connectivity index is 3.36. The van der Waals surface area contributed by atoms with Crippen LogP contribution in [0.3, 0.4) is 0 Å². The van der Waals surface area contributed by atoms with E-state index in [1.165, 1.54) is 0 Å². The molecule has 0 aliphatic carbocycles. The van der Waals surface area contributed by atoms with Gasteiger partial charge in [-0.1, -0.05) is 6.07 Å². The van der Waals surface area contributed by atoms with E-state index in [0.29, 0.717) is 6.07 Å². The second kappa shape index (κ2) is 4.05. The van der Waals surface area contributed by atoms with E-state index in [1.54, 1.807) is 0 Å². The van der Waals surface area contributed by atoms with Gasteiger partial charge in [0.1, 0.15) is 11.9 Å². The van der Waals surface area contributed by atoms with Crippen molar-refractivity contribution in [2.24, 2.45) is 5.73 Å². The Kier molecular flexibility index (Phi) is 3.13. The molecule has 1 atom stereocenters. The third-order valence-corrected chi connectivity index (χ3v) is 1.89. The first-order valence-corrected chi connectivity index (χ1v) is 4.00. The Morgan fingerprint density at radius 3 is 2.38 bits per heavy atom. The summed E-state index contributed by atoms with van der Waals surface area (Å²) in [4.78, 5) is 9.31. The molecule has 2 N–H and O–H groups in total. The van der Waals surface area contributed by atoms with E-state index >= 15 is 0 Å². The fourth-order valence-corrected chi connectivity index (χ4v) is 1.16. The van der Waals surface area contributed by atoms with Crippen molar-refractivity contribution in [2.75, 3.05) is 0 Å². The van der Waals surface area contributed by atoms with Crippen molar-refractivity contribution in [3.8, 4) is 0 Å². The number of alkyl halides is 3. The standard InChI is InChI=1S/C8H6F4N2O2/c9-4-2-1-3-5(14(15)16)6(4)7(13)8(10,11)12/h1-3,7H,13H2/t7-/m0/s1. The first-order valence-electron chi connectivity index (χ1n) is 4.00. The molecule has 0 unspecified atom stereocenters. The van der Waals surface area contributed by atoms with Crippen molar-refractivity contribution in [2.45, 2.75) is 12.2 Å². The van der Waals surface area contributed by atoms with Crippen LogP contribution >= 0.6 is 0 Å². The topological polar surface area (TPSA) is 69.2 Å². The molecule has 0 aromatic heterocycles. The van der Waals surface area contributed by atoms with E-state index in [-0.39, 0.29) is 0 Å². The molecule has 4 nitrogen and oxygen atoms in total. The van der Waals surface area contributed by atoms with Crippen LogP contribution in [0.2, 0.25) is 0 Å². The van der Waals surface area contributed by atoms with Crippen LogP contribution in [0.4, 0.5) is 23.2 Å². The maximum absolute atomic E-state index is 13.1. The molecule has 0 fully saturated rings. The molecule has 0 aliphatic rings. The van der Waals surface area contributed by atoms with Crippen molar-refractivity contribution in [1.29, 1.82) is 0 Å². The number of halogens is 4. The normalized spacial score (nSPS) is 13.6. The van der Waals surface area contributed by atoms with Gasteiger partial charge in [0, 0.05) is 6.07 Å². The van der Waals surface area contributed by atoms with Gasteiger partial charge in [-0.2, -0.15) is 13.2 Å². The molecule has 0 saturated heterocycles. The molecular formula is C8H6F4N2O2. The first-order chi connectivity index (χ1) is 7.25. The lowest BCUT2D eigenvalue weighted by atomic mass is 10.0. The highest BCUT2D eigenvalue weighted by molar-refractivity contribution is 5.43. The lowest BCUT2D eigenvalue weighted by Gasteiger charge is -2.16. The summed E-state index contributed by atoms with van der Waals surface area (Å²) in [5, 5.41) is 10.4. The molecule has 1 aromatic carbocycles. The van der Waals surface area contributed by atoms with Gasteiger partial charge in [0.05, 0.1) is 10.5 Å². The molecule has 0 bridgehead atoms. The van der Waals surface area contributed by atoms with Crippen LogP contribution < -0.4 is 5.73 Å². The number of nitro benzene ring substituents is 1. The summed E-state index contributed by atoms with van der Waals surface area (Å²) in [5.74, 6) is -1.35. The van der Waals surface area contributed by atoms with Gasteiger partial charge < -0.3 is 5.73 Å². The number of hydrogen-bond donors (Lipinski definition) is 1. The Morgan fingerprint density at radius 1 is 1.38 bits per heavy atom. The van der Waals surface area contributed by atoms with Crippen molar-refractivity contribution in [3.05, 3.63) is 39.7 Å². The molecule has 0 spiro atoms. The smallest absolute Gasteiger partial charge is 0.316 e. The first kappa shape index (κ1) is 12.4. The predicted molar refractivity (Wildman–Crippen MR) is 46.0 cm³/mol. The highest BCUT2D eigenvalue weighted by Crippen LogP contribution is 2.36. The maximum atomic E-state index is 13.1. The van der Waals surface area contributed by atoms with Gasteiger partial charge in [-0.05, 0) is 6.07 Å². The Hall–Kier alpha value is -1.70. The number of hydrogen-bond acceptors (Lipinski definition) is 3. The molecule has 0 aliphatic heterocycles. The van der Waals surface area contributed by atoms with Crippen LogP contribution in [0.5, 0.6) is 0 Å². The third-order valence-electron chi connectivity index (χ3n) is 1.89. The molecule has 88 valence electrons. The van der Waals surface area contributed by atoms with Crippen LogP contribution in [0.15, 0.2) is 18.2 Å². The van der Waals surface area contributed by atoms with Gasteiger partial charge in [0.15, 0.2) is 0 Å². The Morgan fingerprint density at radius 2 is 1.94 bits per heavy atom.